The molecule has 0 saturated carbocycles. The lowest BCUT2D eigenvalue weighted by atomic mass is 10.1. The molecule has 7 nitrogen and oxygen atoms in total. The first-order valence-corrected chi connectivity index (χ1v) is 10.7. The van der Waals surface area contributed by atoms with Crippen LogP contribution in [0.4, 0.5) is 5.69 Å². The smallest absolute Gasteiger partial charge is 0.239 e. The molecule has 0 spiro atoms. The summed E-state index contributed by atoms with van der Waals surface area (Å²) >= 11 is 0. The average Bonchev–Trinajstić information content (AvgIpc) is 3.12. The molecule has 31 heavy (non-hydrogen) atoms. The fourth-order valence-electron chi connectivity index (χ4n) is 3.74. The zero-order valence-corrected chi connectivity index (χ0v) is 18.1. The van der Waals surface area contributed by atoms with Crippen molar-refractivity contribution < 1.29 is 9.21 Å². The maximum Gasteiger partial charge on any atom is 0.239 e. The fraction of sp³-hybridized carbons (Fsp3) is 0.333. The Bertz CT molecular complexity index is 1070. The summed E-state index contributed by atoms with van der Waals surface area (Å²) in [6.45, 7) is 7.98. The number of para-hydroxylation sites is 1. The second kappa shape index (κ2) is 9.55. The van der Waals surface area contributed by atoms with E-state index in [4.69, 9.17) is 9.41 Å². The summed E-state index contributed by atoms with van der Waals surface area (Å²) in [6.07, 6.45) is 0. The number of aliphatic imine (C=N–C) groups is 1. The topological polar surface area (TPSA) is 81.9 Å². The number of hydrogen-bond donors (Lipinski definition) is 3. The molecule has 1 aliphatic heterocycles. The molecular formula is C24H29N5O2. The third-order valence-electron chi connectivity index (χ3n) is 5.46. The van der Waals surface area contributed by atoms with E-state index in [1.54, 1.807) is 0 Å². The lowest BCUT2D eigenvalue weighted by Crippen LogP contribution is -2.47. The van der Waals surface area contributed by atoms with E-state index in [0.717, 1.165) is 52.6 Å². The van der Waals surface area contributed by atoms with E-state index in [-0.39, 0.29) is 5.91 Å². The number of piperazine rings is 1. The van der Waals surface area contributed by atoms with Crippen molar-refractivity contribution in [1.82, 2.24) is 16.0 Å². The maximum atomic E-state index is 11.6. The van der Waals surface area contributed by atoms with Gasteiger partial charge in [0.05, 0.1) is 19.6 Å². The lowest BCUT2D eigenvalue weighted by Gasteiger charge is -2.28. The van der Waals surface area contributed by atoms with Gasteiger partial charge in [-0.15, -0.1) is 0 Å². The number of rotatable bonds is 6. The van der Waals surface area contributed by atoms with Crippen molar-refractivity contribution in [3.05, 3.63) is 65.4 Å². The highest BCUT2D eigenvalue weighted by atomic mass is 16.3. The first kappa shape index (κ1) is 20.8. The van der Waals surface area contributed by atoms with E-state index >= 15 is 0 Å². The molecule has 2 heterocycles. The van der Waals surface area contributed by atoms with E-state index in [2.05, 4.69) is 58.1 Å². The number of benzene rings is 2. The number of aryl methyl sites for hydroxylation is 1. The Balaban J connectivity index is 1.39. The number of hydrogen-bond acceptors (Lipinski definition) is 4. The number of nitrogens with zero attached hydrogens (tertiary/aromatic N) is 2. The van der Waals surface area contributed by atoms with Crippen molar-refractivity contribution in [2.45, 2.75) is 26.9 Å². The number of fused-ring (bicyclic) bond motifs is 1. The number of nitrogens with one attached hydrogen (secondary N) is 3. The van der Waals surface area contributed by atoms with Crippen molar-refractivity contribution in [3.8, 4) is 0 Å². The van der Waals surface area contributed by atoms with Crippen LogP contribution in [0.3, 0.4) is 0 Å². The predicted octanol–water partition coefficient (Wildman–Crippen LogP) is 2.93. The number of carbonyl (C=O) groups is 1. The van der Waals surface area contributed by atoms with Gasteiger partial charge in [-0.05, 0) is 37.6 Å². The standard InChI is InChI=1S/C24H29N5O2/c1-3-25-24(28-15-22-17(2)20-6-4-5-7-21(20)31-22)27-14-18-8-10-19(11-9-18)29-13-12-26-23(30)16-29/h4-11H,3,12-16H2,1-2H3,(H,26,30)(H2,25,27,28). The van der Waals surface area contributed by atoms with Crippen LogP contribution in [-0.2, 0) is 17.9 Å². The molecule has 3 N–H and O–H groups in total. The van der Waals surface area contributed by atoms with Gasteiger partial charge in [-0.3, -0.25) is 4.79 Å². The van der Waals surface area contributed by atoms with Crippen LogP contribution in [0.25, 0.3) is 11.0 Å². The van der Waals surface area contributed by atoms with Gasteiger partial charge in [0.1, 0.15) is 11.3 Å². The van der Waals surface area contributed by atoms with Crippen LogP contribution in [0.1, 0.15) is 23.8 Å². The van der Waals surface area contributed by atoms with E-state index in [1.165, 1.54) is 0 Å². The van der Waals surface area contributed by atoms with Crippen LogP contribution in [0, 0.1) is 6.92 Å². The van der Waals surface area contributed by atoms with Crippen molar-refractivity contribution in [2.24, 2.45) is 4.99 Å². The molecule has 3 aromatic rings. The fourth-order valence-corrected chi connectivity index (χ4v) is 3.74. The highest BCUT2D eigenvalue weighted by molar-refractivity contribution is 5.83. The van der Waals surface area contributed by atoms with Crippen molar-refractivity contribution in [1.29, 1.82) is 0 Å². The van der Waals surface area contributed by atoms with Crippen LogP contribution in [0.5, 0.6) is 0 Å². The lowest BCUT2D eigenvalue weighted by molar-refractivity contribution is -0.120. The first-order chi connectivity index (χ1) is 15.1. The molecule has 0 aliphatic carbocycles. The molecule has 1 aromatic heterocycles. The summed E-state index contributed by atoms with van der Waals surface area (Å²) in [5, 5.41) is 10.7. The van der Waals surface area contributed by atoms with Gasteiger partial charge in [-0.2, -0.15) is 0 Å². The summed E-state index contributed by atoms with van der Waals surface area (Å²) in [6, 6.07) is 16.3. The maximum absolute atomic E-state index is 11.6. The van der Waals surface area contributed by atoms with Crippen LogP contribution in [0.2, 0.25) is 0 Å². The second-order valence-corrected chi connectivity index (χ2v) is 7.63. The number of anilines is 1. The van der Waals surface area contributed by atoms with Gasteiger partial charge in [0.15, 0.2) is 5.96 Å². The van der Waals surface area contributed by atoms with E-state index in [0.29, 0.717) is 26.2 Å². The molecule has 0 atom stereocenters. The van der Waals surface area contributed by atoms with E-state index < -0.39 is 0 Å². The second-order valence-electron chi connectivity index (χ2n) is 7.63. The van der Waals surface area contributed by atoms with Gasteiger partial charge in [0, 0.05) is 36.3 Å². The van der Waals surface area contributed by atoms with E-state index in [1.807, 2.05) is 25.1 Å². The van der Waals surface area contributed by atoms with Crippen molar-refractivity contribution in [2.75, 3.05) is 31.1 Å². The van der Waals surface area contributed by atoms with Crippen molar-refractivity contribution in [3.63, 3.8) is 0 Å². The number of amides is 1. The van der Waals surface area contributed by atoms with E-state index in [9.17, 15) is 4.79 Å². The van der Waals surface area contributed by atoms with Crippen LogP contribution < -0.4 is 20.9 Å². The van der Waals surface area contributed by atoms with Gasteiger partial charge in [-0.1, -0.05) is 30.3 Å². The largest absolute Gasteiger partial charge is 0.459 e. The Kier molecular flexibility index (Phi) is 6.40. The predicted molar refractivity (Wildman–Crippen MR) is 124 cm³/mol. The Hall–Kier alpha value is -3.48. The Morgan fingerprint density at radius 2 is 1.97 bits per heavy atom. The molecular weight excluding hydrogens is 390 g/mol. The highest BCUT2D eigenvalue weighted by Gasteiger charge is 2.16. The number of carbonyl (C=O) groups excluding carboxylic acids is 1. The summed E-state index contributed by atoms with van der Waals surface area (Å²) in [7, 11) is 0. The molecule has 7 heteroatoms. The molecule has 2 aromatic carbocycles. The third kappa shape index (κ3) is 4.99. The Morgan fingerprint density at radius 1 is 1.16 bits per heavy atom. The minimum atomic E-state index is 0.0703. The SMILES string of the molecule is CCNC(=NCc1ccc(N2CCNC(=O)C2)cc1)NCc1oc2ccccc2c1C. The minimum absolute atomic E-state index is 0.0703. The van der Waals surface area contributed by atoms with Gasteiger partial charge >= 0.3 is 0 Å². The zero-order chi connectivity index (χ0) is 21.6. The number of guanidine groups is 1. The van der Waals surface area contributed by atoms with Gasteiger partial charge in [0.25, 0.3) is 0 Å². The highest BCUT2D eigenvalue weighted by Crippen LogP contribution is 2.24. The number of furan rings is 1. The first-order valence-electron chi connectivity index (χ1n) is 10.7. The molecule has 0 bridgehead atoms. The summed E-state index contributed by atoms with van der Waals surface area (Å²) in [5.41, 5.74) is 4.24. The summed E-state index contributed by atoms with van der Waals surface area (Å²) in [4.78, 5) is 18.4. The molecule has 0 unspecified atom stereocenters. The monoisotopic (exact) mass is 419 g/mol. The quantitative estimate of drug-likeness (QED) is 0.423. The van der Waals surface area contributed by atoms with Crippen molar-refractivity contribution >= 4 is 28.5 Å². The molecule has 0 radical (unpaired) electrons. The molecule has 1 aliphatic rings. The zero-order valence-electron chi connectivity index (χ0n) is 18.1. The van der Waals surface area contributed by atoms with Crippen LogP contribution >= 0.6 is 0 Å². The normalized spacial score (nSPS) is 14.6. The van der Waals surface area contributed by atoms with Crippen LogP contribution in [0.15, 0.2) is 57.9 Å². The summed E-state index contributed by atoms with van der Waals surface area (Å²) < 4.78 is 5.99. The van der Waals surface area contributed by atoms with Crippen LogP contribution in [-0.4, -0.2) is 38.0 Å². The summed E-state index contributed by atoms with van der Waals surface area (Å²) in [5.74, 6) is 1.74. The Morgan fingerprint density at radius 3 is 2.71 bits per heavy atom. The van der Waals surface area contributed by atoms with Gasteiger partial charge < -0.3 is 25.3 Å². The van der Waals surface area contributed by atoms with Gasteiger partial charge in [0.2, 0.25) is 5.91 Å². The minimum Gasteiger partial charge on any atom is -0.459 e. The molecule has 4 rings (SSSR count). The molecule has 1 amide bonds. The third-order valence-corrected chi connectivity index (χ3v) is 5.46. The molecule has 1 fully saturated rings. The molecule has 162 valence electrons. The van der Waals surface area contributed by atoms with Gasteiger partial charge in [-0.25, -0.2) is 4.99 Å². The Labute approximate surface area is 182 Å². The average molecular weight is 420 g/mol. The molecule has 1 saturated heterocycles.